The van der Waals surface area contributed by atoms with Gasteiger partial charge in [0.05, 0.1) is 6.20 Å². The zero-order chi connectivity index (χ0) is 16.7. The van der Waals surface area contributed by atoms with Crippen LogP contribution in [0.2, 0.25) is 0 Å². The molecule has 2 aromatic rings. The first kappa shape index (κ1) is 15.4. The van der Waals surface area contributed by atoms with E-state index in [0.717, 1.165) is 29.2 Å². The van der Waals surface area contributed by atoms with Crippen molar-refractivity contribution in [2.45, 2.75) is 31.8 Å². The lowest BCUT2D eigenvalue weighted by atomic mass is 9.99. The van der Waals surface area contributed by atoms with Crippen LogP contribution < -0.4 is 15.2 Å². The highest BCUT2D eigenvalue weighted by molar-refractivity contribution is 7.16. The van der Waals surface area contributed by atoms with Gasteiger partial charge in [-0.15, -0.1) is 11.3 Å². The molecule has 4 rings (SSSR count). The van der Waals surface area contributed by atoms with Gasteiger partial charge in [0.15, 0.2) is 11.5 Å². The first-order valence-electron chi connectivity index (χ1n) is 8.04. The van der Waals surface area contributed by atoms with E-state index in [4.69, 9.17) is 15.2 Å². The fourth-order valence-electron chi connectivity index (χ4n) is 3.19. The molecule has 1 fully saturated rings. The first-order chi connectivity index (χ1) is 11.6. The van der Waals surface area contributed by atoms with E-state index in [1.54, 1.807) is 6.20 Å². The lowest BCUT2D eigenvalue weighted by Crippen LogP contribution is -2.48. The maximum absolute atomic E-state index is 12.8. The lowest BCUT2D eigenvalue weighted by Gasteiger charge is -2.36. The number of nitrogens with zero attached hydrogens (tertiary/aromatic N) is 2. The SMILES string of the molecule is C[C@@H]1C[C@@H](N)CCN1C(=O)c1cnc(-c2ccc3c(c2)OCO3)s1. The number of carbonyl (C=O) groups excluding carboxylic acids is 1. The van der Waals surface area contributed by atoms with Gasteiger partial charge in [0.25, 0.3) is 5.91 Å². The lowest BCUT2D eigenvalue weighted by molar-refractivity contribution is 0.0624. The van der Waals surface area contributed by atoms with E-state index in [1.165, 1.54) is 11.3 Å². The van der Waals surface area contributed by atoms with E-state index < -0.39 is 0 Å². The number of thiazole rings is 1. The summed E-state index contributed by atoms with van der Waals surface area (Å²) in [5, 5.41) is 0.804. The van der Waals surface area contributed by atoms with Crippen molar-refractivity contribution < 1.29 is 14.3 Å². The minimum Gasteiger partial charge on any atom is -0.454 e. The molecule has 126 valence electrons. The molecule has 1 aromatic carbocycles. The normalized spacial score (nSPS) is 22.7. The first-order valence-corrected chi connectivity index (χ1v) is 8.86. The summed E-state index contributed by atoms with van der Waals surface area (Å²) in [5.41, 5.74) is 6.91. The summed E-state index contributed by atoms with van der Waals surface area (Å²) in [5.74, 6) is 1.50. The van der Waals surface area contributed by atoms with Crippen LogP contribution >= 0.6 is 11.3 Å². The summed E-state index contributed by atoms with van der Waals surface area (Å²) in [6, 6.07) is 6.06. The van der Waals surface area contributed by atoms with Gasteiger partial charge < -0.3 is 20.1 Å². The number of aromatic nitrogens is 1. The molecule has 0 radical (unpaired) electrons. The van der Waals surface area contributed by atoms with Crippen molar-refractivity contribution in [3.63, 3.8) is 0 Å². The number of ether oxygens (including phenoxy) is 2. The number of hydrogen-bond donors (Lipinski definition) is 1. The number of likely N-dealkylation sites (tertiary alicyclic amines) is 1. The van der Waals surface area contributed by atoms with Crippen molar-refractivity contribution in [1.29, 1.82) is 0 Å². The van der Waals surface area contributed by atoms with Gasteiger partial charge in [0.2, 0.25) is 6.79 Å². The Labute approximate surface area is 144 Å². The standard InChI is InChI=1S/C17H19N3O3S/c1-10-6-12(18)4-5-20(10)17(21)15-8-19-16(24-15)11-2-3-13-14(7-11)23-9-22-13/h2-3,7-8,10,12H,4-6,9,18H2,1H3/t10-,12+/m1/s1. The second kappa shape index (κ2) is 6.07. The number of piperidine rings is 1. The second-order valence-electron chi connectivity index (χ2n) is 6.23. The monoisotopic (exact) mass is 345 g/mol. The van der Waals surface area contributed by atoms with Crippen LogP contribution in [0.5, 0.6) is 11.5 Å². The minimum atomic E-state index is 0.0406. The Balaban J connectivity index is 1.55. The smallest absolute Gasteiger partial charge is 0.265 e. The van der Waals surface area contributed by atoms with Crippen LogP contribution in [0.15, 0.2) is 24.4 Å². The highest BCUT2D eigenvalue weighted by atomic mass is 32.1. The Morgan fingerprint density at radius 3 is 3.04 bits per heavy atom. The molecular weight excluding hydrogens is 326 g/mol. The third-order valence-corrected chi connectivity index (χ3v) is 5.55. The number of amides is 1. The predicted molar refractivity (Wildman–Crippen MR) is 91.4 cm³/mol. The van der Waals surface area contributed by atoms with Gasteiger partial charge in [-0.05, 0) is 38.0 Å². The van der Waals surface area contributed by atoms with Gasteiger partial charge in [-0.3, -0.25) is 4.79 Å². The summed E-state index contributed by atoms with van der Waals surface area (Å²) < 4.78 is 10.7. The molecule has 0 aliphatic carbocycles. The Kier molecular flexibility index (Phi) is 3.90. The molecule has 0 saturated carbocycles. The van der Waals surface area contributed by atoms with Crippen LogP contribution in [0, 0.1) is 0 Å². The predicted octanol–water partition coefficient (Wildman–Crippen LogP) is 2.49. The van der Waals surface area contributed by atoms with Gasteiger partial charge in [0, 0.05) is 24.2 Å². The van der Waals surface area contributed by atoms with E-state index in [0.29, 0.717) is 17.2 Å². The summed E-state index contributed by atoms with van der Waals surface area (Å²) in [7, 11) is 0. The van der Waals surface area contributed by atoms with E-state index in [1.807, 2.05) is 23.1 Å². The van der Waals surface area contributed by atoms with Gasteiger partial charge in [-0.2, -0.15) is 0 Å². The molecule has 0 bridgehead atoms. The summed E-state index contributed by atoms with van der Waals surface area (Å²) in [6.45, 7) is 3.00. The molecule has 3 heterocycles. The second-order valence-corrected chi connectivity index (χ2v) is 7.26. The number of fused-ring (bicyclic) bond motifs is 1. The topological polar surface area (TPSA) is 77.7 Å². The van der Waals surface area contributed by atoms with Crippen molar-refractivity contribution in [2.24, 2.45) is 5.73 Å². The largest absolute Gasteiger partial charge is 0.454 e. The van der Waals surface area contributed by atoms with Crippen molar-refractivity contribution >= 4 is 17.2 Å². The highest BCUT2D eigenvalue weighted by Gasteiger charge is 2.29. The Hall–Kier alpha value is -2.12. The fourth-order valence-corrected chi connectivity index (χ4v) is 4.06. The van der Waals surface area contributed by atoms with Gasteiger partial charge in [-0.25, -0.2) is 4.98 Å². The number of carbonyl (C=O) groups is 1. The molecule has 24 heavy (non-hydrogen) atoms. The third kappa shape index (κ3) is 2.74. The molecule has 2 aliphatic heterocycles. The maximum atomic E-state index is 12.8. The number of hydrogen-bond acceptors (Lipinski definition) is 6. The van der Waals surface area contributed by atoms with E-state index in [2.05, 4.69) is 11.9 Å². The molecule has 2 aliphatic rings. The molecule has 1 saturated heterocycles. The summed E-state index contributed by atoms with van der Waals surface area (Å²) in [6.07, 6.45) is 3.36. The average molecular weight is 345 g/mol. The molecule has 2 N–H and O–H groups in total. The van der Waals surface area contributed by atoms with Crippen molar-refractivity contribution in [3.05, 3.63) is 29.3 Å². The van der Waals surface area contributed by atoms with Crippen LogP contribution in [0.25, 0.3) is 10.6 Å². The van der Waals surface area contributed by atoms with Crippen molar-refractivity contribution in [3.8, 4) is 22.1 Å². The summed E-state index contributed by atoms with van der Waals surface area (Å²) in [4.78, 5) is 19.7. The van der Waals surface area contributed by atoms with Crippen LogP contribution in [0.4, 0.5) is 0 Å². The van der Waals surface area contributed by atoms with E-state index >= 15 is 0 Å². The molecule has 1 aromatic heterocycles. The van der Waals surface area contributed by atoms with Crippen LogP contribution in [-0.2, 0) is 0 Å². The summed E-state index contributed by atoms with van der Waals surface area (Å²) >= 11 is 1.41. The zero-order valence-electron chi connectivity index (χ0n) is 13.4. The number of nitrogens with two attached hydrogens (primary N) is 1. The van der Waals surface area contributed by atoms with Crippen LogP contribution in [0.3, 0.4) is 0 Å². The number of rotatable bonds is 2. The van der Waals surface area contributed by atoms with E-state index in [9.17, 15) is 4.79 Å². The molecular formula is C17H19N3O3S. The molecule has 0 spiro atoms. The molecule has 7 heteroatoms. The van der Waals surface area contributed by atoms with Crippen molar-refractivity contribution in [2.75, 3.05) is 13.3 Å². The molecule has 0 unspecified atom stereocenters. The Morgan fingerprint density at radius 1 is 1.38 bits per heavy atom. The average Bonchev–Trinajstić information content (AvgIpc) is 3.23. The van der Waals surface area contributed by atoms with E-state index in [-0.39, 0.29) is 24.8 Å². The Morgan fingerprint density at radius 2 is 2.21 bits per heavy atom. The highest BCUT2D eigenvalue weighted by Crippen LogP contribution is 2.37. The Bertz CT molecular complexity index is 776. The minimum absolute atomic E-state index is 0.0406. The number of benzene rings is 1. The maximum Gasteiger partial charge on any atom is 0.265 e. The van der Waals surface area contributed by atoms with Crippen molar-refractivity contribution in [1.82, 2.24) is 9.88 Å². The van der Waals surface area contributed by atoms with Gasteiger partial charge in [0.1, 0.15) is 9.88 Å². The van der Waals surface area contributed by atoms with Crippen LogP contribution in [0.1, 0.15) is 29.4 Å². The molecule has 2 atom stereocenters. The fraction of sp³-hybridized carbons (Fsp3) is 0.412. The zero-order valence-corrected chi connectivity index (χ0v) is 14.2. The van der Waals surface area contributed by atoms with Crippen LogP contribution in [-0.4, -0.2) is 41.2 Å². The molecule has 6 nitrogen and oxygen atoms in total. The van der Waals surface area contributed by atoms with Gasteiger partial charge in [-0.1, -0.05) is 0 Å². The quantitative estimate of drug-likeness (QED) is 0.905. The third-order valence-electron chi connectivity index (χ3n) is 4.51. The van der Waals surface area contributed by atoms with Gasteiger partial charge >= 0.3 is 0 Å². The molecule has 1 amide bonds.